The molecule has 120 valence electrons. The molecule has 24 heavy (non-hydrogen) atoms. The van der Waals surface area contributed by atoms with Gasteiger partial charge in [0.25, 0.3) is 11.8 Å². The van der Waals surface area contributed by atoms with Gasteiger partial charge in [-0.2, -0.15) is 0 Å². The van der Waals surface area contributed by atoms with Gasteiger partial charge in [0.2, 0.25) is 0 Å². The van der Waals surface area contributed by atoms with Crippen LogP contribution in [0.1, 0.15) is 5.76 Å². The van der Waals surface area contributed by atoms with Crippen LogP contribution in [0.3, 0.4) is 0 Å². The Morgan fingerprint density at radius 1 is 1.17 bits per heavy atom. The van der Waals surface area contributed by atoms with E-state index in [9.17, 15) is 9.59 Å². The topological polar surface area (TPSA) is 62.6 Å². The first-order valence-electron chi connectivity index (χ1n) is 6.93. The second-order valence-electron chi connectivity index (χ2n) is 4.83. The highest BCUT2D eigenvalue weighted by atomic mass is 79.9. The minimum atomic E-state index is -0.526. The molecule has 1 fully saturated rings. The minimum absolute atomic E-state index is 0.00525. The second-order valence-corrected chi connectivity index (χ2v) is 6.13. The van der Waals surface area contributed by atoms with Crippen LogP contribution >= 0.6 is 28.1 Å². The number of furan rings is 1. The summed E-state index contributed by atoms with van der Waals surface area (Å²) in [6, 6.07) is 10.6. The summed E-state index contributed by atoms with van der Waals surface area (Å²) in [5, 5.41) is 2.58. The van der Waals surface area contributed by atoms with E-state index in [2.05, 4.69) is 21.2 Å². The van der Waals surface area contributed by atoms with Gasteiger partial charge in [0.05, 0.1) is 12.0 Å². The first-order chi connectivity index (χ1) is 11.6. The number of carbonyl (C=O) groups is 2. The summed E-state index contributed by atoms with van der Waals surface area (Å²) in [6.45, 7) is 0. The maximum Gasteiger partial charge on any atom is 0.270 e. The van der Waals surface area contributed by atoms with Crippen molar-refractivity contribution >= 4 is 56.8 Å². The van der Waals surface area contributed by atoms with E-state index in [1.165, 1.54) is 11.0 Å². The van der Waals surface area contributed by atoms with Crippen LogP contribution in [0.2, 0.25) is 0 Å². The van der Waals surface area contributed by atoms with Crippen LogP contribution < -0.4 is 10.2 Å². The van der Waals surface area contributed by atoms with E-state index in [1.54, 1.807) is 54.8 Å². The monoisotopic (exact) mass is 402 g/mol. The highest BCUT2D eigenvalue weighted by Crippen LogP contribution is 2.22. The van der Waals surface area contributed by atoms with Gasteiger partial charge in [-0.15, -0.1) is 0 Å². The number of nitrogens with zero attached hydrogens (tertiary/aromatic N) is 1. The van der Waals surface area contributed by atoms with Gasteiger partial charge >= 0.3 is 0 Å². The van der Waals surface area contributed by atoms with Crippen LogP contribution in [0.15, 0.2) is 69.3 Å². The maximum atomic E-state index is 12.7. The average Bonchev–Trinajstić information content (AvgIpc) is 3.05. The Morgan fingerprint density at radius 2 is 1.92 bits per heavy atom. The lowest BCUT2D eigenvalue weighted by Gasteiger charge is -2.28. The molecule has 0 radical (unpaired) electrons. The van der Waals surface area contributed by atoms with Crippen molar-refractivity contribution < 1.29 is 14.0 Å². The largest absolute Gasteiger partial charge is 0.465 e. The Kier molecular flexibility index (Phi) is 4.73. The van der Waals surface area contributed by atoms with Gasteiger partial charge in [-0.3, -0.25) is 19.8 Å². The fourth-order valence-electron chi connectivity index (χ4n) is 2.13. The zero-order valence-corrected chi connectivity index (χ0v) is 14.6. The highest BCUT2D eigenvalue weighted by Gasteiger charge is 2.33. The third-order valence-electron chi connectivity index (χ3n) is 3.25. The molecule has 3 rings (SSSR count). The Morgan fingerprint density at radius 3 is 2.58 bits per heavy atom. The van der Waals surface area contributed by atoms with Gasteiger partial charge in [0, 0.05) is 4.47 Å². The average molecular weight is 403 g/mol. The molecule has 7 heteroatoms. The lowest BCUT2D eigenvalue weighted by Crippen LogP contribution is -2.54. The molecule has 2 amide bonds. The summed E-state index contributed by atoms with van der Waals surface area (Å²) in [6.07, 6.45) is 6.22. The number of nitrogens with one attached hydrogen (secondary N) is 1. The number of rotatable bonds is 3. The number of benzene rings is 1. The lowest BCUT2D eigenvalue weighted by molar-refractivity contribution is -0.122. The zero-order valence-electron chi connectivity index (χ0n) is 12.2. The molecule has 1 N–H and O–H groups in total. The van der Waals surface area contributed by atoms with Crippen LogP contribution in [-0.4, -0.2) is 16.9 Å². The molecular weight excluding hydrogens is 392 g/mol. The molecule has 0 bridgehead atoms. The van der Waals surface area contributed by atoms with Crippen molar-refractivity contribution in [1.29, 1.82) is 0 Å². The Bertz CT molecular complexity index is 854. The van der Waals surface area contributed by atoms with Gasteiger partial charge in [-0.05, 0) is 60.8 Å². The summed E-state index contributed by atoms with van der Waals surface area (Å²) in [7, 11) is 0. The summed E-state index contributed by atoms with van der Waals surface area (Å²) in [5.74, 6) is -0.381. The number of allylic oxidation sites excluding steroid dienone is 2. The van der Waals surface area contributed by atoms with E-state index in [4.69, 9.17) is 16.6 Å². The van der Waals surface area contributed by atoms with E-state index >= 15 is 0 Å². The van der Waals surface area contributed by atoms with Crippen molar-refractivity contribution in [2.75, 3.05) is 4.90 Å². The molecule has 0 atom stereocenters. The van der Waals surface area contributed by atoms with E-state index in [0.29, 0.717) is 11.4 Å². The van der Waals surface area contributed by atoms with Crippen LogP contribution in [0.4, 0.5) is 5.69 Å². The van der Waals surface area contributed by atoms with Gasteiger partial charge < -0.3 is 4.42 Å². The Balaban J connectivity index is 1.89. The minimum Gasteiger partial charge on any atom is -0.465 e. The van der Waals surface area contributed by atoms with Crippen LogP contribution in [0.5, 0.6) is 0 Å². The lowest BCUT2D eigenvalue weighted by atomic mass is 10.1. The predicted octanol–water partition coefficient (Wildman–Crippen LogP) is 3.43. The molecule has 1 aliphatic heterocycles. The molecule has 1 aliphatic rings. The number of thiocarbonyl (C=S) groups is 1. The molecular formula is C17H11BrN2O3S. The number of halogens is 1. The normalized spacial score (nSPS) is 17.0. The Hall–Kier alpha value is -2.51. The van der Waals surface area contributed by atoms with Gasteiger partial charge in [0.1, 0.15) is 11.3 Å². The number of anilines is 1. The molecule has 0 aliphatic carbocycles. The predicted molar refractivity (Wildman–Crippen MR) is 98.2 cm³/mol. The van der Waals surface area contributed by atoms with Crippen molar-refractivity contribution in [3.8, 4) is 0 Å². The highest BCUT2D eigenvalue weighted by molar-refractivity contribution is 9.10. The molecule has 1 saturated heterocycles. The first kappa shape index (κ1) is 16.4. The van der Waals surface area contributed by atoms with Gasteiger partial charge in [0.15, 0.2) is 5.11 Å². The van der Waals surface area contributed by atoms with Crippen molar-refractivity contribution in [2.24, 2.45) is 0 Å². The fourth-order valence-corrected chi connectivity index (χ4v) is 2.67. The van der Waals surface area contributed by atoms with E-state index in [-0.39, 0.29) is 10.7 Å². The summed E-state index contributed by atoms with van der Waals surface area (Å²) >= 11 is 8.47. The number of hydrogen-bond donors (Lipinski definition) is 1. The Labute approximate surface area is 151 Å². The van der Waals surface area contributed by atoms with E-state index in [0.717, 1.165) is 4.47 Å². The molecule has 2 heterocycles. The van der Waals surface area contributed by atoms with Crippen molar-refractivity contribution in [2.45, 2.75) is 0 Å². The molecule has 0 spiro atoms. The zero-order chi connectivity index (χ0) is 17.1. The summed E-state index contributed by atoms with van der Waals surface area (Å²) < 4.78 is 6.04. The quantitative estimate of drug-likeness (QED) is 0.485. The third kappa shape index (κ3) is 3.37. The standard InChI is InChI=1S/C17H11BrN2O3S/c18-11-6-8-12(9-7-11)20-16(22)14(15(21)19-17(20)24)5-1-3-13-4-2-10-23-13/h1-10H,(H,19,21,24). The van der Waals surface area contributed by atoms with Gasteiger partial charge in [-0.25, -0.2) is 0 Å². The summed E-state index contributed by atoms with van der Waals surface area (Å²) in [5.41, 5.74) is 0.573. The van der Waals surface area contributed by atoms with Crippen LogP contribution in [0.25, 0.3) is 6.08 Å². The van der Waals surface area contributed by atoms with Gasteiger partial charge in [-0.1, -0.05) is 22.0 Å². The van der Waals surface area contributed by atoms with E-state index in [1.807, 2.05) is 0 Å². The van der Waals surface area contributed by atoms with E-state index < -0.39 is 11.8 Å². The summed E-state index contributed by atoms with van der Waals surface area (Å²) in [4.78, 5) is 26.0. The molecule has 0 unspecified atom stereocenters. The number of hydrogen-bond acceptors (Lipinski definition) is 4. The molecule has 1 aromatic heterocycles. The van der Waals surface area contributed by atoms with Crippen LogP contribution in [0, 0.1) is 0 Å². The van der Waals surface area contributed by atoms with Crippen molar-refractivity contribution in [3.63, 3.8) is 0 Å². The maximum absolute atomic E-state index is 12.7. The van der Waals surface area contributed by atoms with Crippen molar-refractivity contribution in [1.82, 2.24) is 5.32 Å². The fraction of sp³-hybridized carbons (Fsp3) is 0. The molecule has 1 aromatic carbocycles. The second kappa shape index (κ2) is 6.94. The molecule has 5 nitrogen and oxygen atoms in total. The molecule has 2 aromatic rings. The van der Waals surface area contributed by atoms with Crippen LogP contribution in [-0.2, 0) is 9.59 Å². The van der Waals surface area contributed by atoms with Crippen molar-refractivity contribution in [3.05, 3.63) is 70.6 Å². The number of amides is 2. The SMILES string of the molecule is O=C1NC(=S)N(c2ccc(Br)cc2)C(=O)C1=CC=Cc1ccco1. The smallest absolute Gasteiger partial charge is 0.270 e. The number of carbonyl (C=O) groups excluding carboxylic acids is 2. The molecule has 0 saturated carbocycles. The third-order valence-corrected chi connectivity index (χ3v) is 4.07. The first-order valence-corrected chi connectivity index (χ1v) is 8.13.